The van der Waals surface area contributed by atoms with Crippen molar-refractivity contribution in [2.24, 2.45) is 5.92 Å². The van der Waals surface area contributed by atoms with E-state index in [0.29, 0.717) is 5.92 Å². The first-order chi connectivity index (χ1) is 7.88. The average molecular weight is 349 g/mol. The maximum Gasteiger partial charge on any atom is 0.0664 e. The minimum Gasteiger partial charge on any atom is -0.305 e. The second-order valence-corrected chi connectivity index (χ2v) is 5.66. The van der Waals surface area contributed by atoms with E-state index in [4.69, 9.17) is 4.18 Å². The van der Waals surface area contributed by atoms with Crippen molar-refractivity contribution in [3.63, 3.8) is 0 Å². The Kier molecular flexibility index (Phi) is 5.41. The first kappa shape index (κ1) is 12.7. The van der Waals surface area contributed by atoms with Crippen LogP contribution in [0.1, 0.15) is 12.0 Å². The summed E-state index contributed by atoms with van der Waals surface area (Å²) < 4.78 is 5.39. The Morgan fingerprint density at radius 3 is 2.94 bits per heavy atom. The molecule has 0 unspecified atom stereocenters. The Balaban J connectivity index is 1.76. The second kappa shape index (κ2) is 6.83. The number of halogens is 1. The zero-order valence-electron chi connectivity index (χ0n) is 9.14. The van der Waals surface area contributed by atoms with E-state index < -0.39 is 0 Å². The van der Waals surface area contributed by atoms with Gasteiger partial charge in [0.15, 0.2) is 0 Å². The Labute approximate surface area is 114 Å². The highest BCUT2D eigenvalue weighted by molar-refractivity contribution is 14.2. The zero-order chi connectivity index (χ0) is 11.2. The summed E-state index contributed by atoms with van der Waals surface area (Å²) in [4.78, 5) is 2.52. The molecule has 88 valence electrons. The standard InChI is InChI=1S/C12H16INOS/c13-16-15-10-12-6-7-14(9-12)8-11-4-2-1-3-5-11/h1-5,12H,6-10H2/t12-/m1/s1. The van der Waals surface area contributed by atoms with Gasteiger partial charge in [0.05, 0.1) is 15.8 Å². The van der Waals surface area contributed by atoms with Crippen LogP contribution in [0.3, 0.4) is 0 Å². The number of hydrogen-bond acceptors (Lipinski definition) is 3. The van der Waals surface area contributed by atoms with Crippen LogP contribution in [-0.4, -0.2) is 24.6 Å². The van der Waals surface area contributed by atoms with Gasteiger partial charge >= 0.3 is 0 Å². The monoisotopic (exact) mass is 349 g/mol. The molecule has 0 N–H and O–H groups in total. The molecule has 1 aliphatic rings. The van der Waals surface area contributed by atoms with Crippen molar-refractivity contribution in [2.45, 2.75) is 13.0 Å². The van der Waals surface area contributed by atoms with Gasteiger partial charge in [-0.15, -0.1) is 0 Å². The predicted octanol–water partition coefficient (Wildman–Crippen LogP) is 3.52. The van der Waals surface area contributed by atoms with Gasteiger partial charge in [-0.25, -0.2) is 0 Å². The van der Waals surface area contributed by atoms with Crippen LogP contribution in [-0.2, 0) is 10.7 Å². The Bertz CT molecular complexity index is 309. The summed E-state index contributed by atoms with van der Waals surface area (Å²) in [6.07, 6.45) is 1.27. The molecule has 1 heterocycles. The molecule has 0 radical (unpaired) electrons. The third-order valence-corrected chi connectivity index (χ3v) is 3.96. The Morgan fingerprint density at radius 2 is 2.19 bits per heavy atom. The summed E-state index contributed by atoms with van der Waals surface area (Å²) in [6, 6.07) is 10.7. The van der Waals surface area contributed by atoms with Gasteiger partial charge in [-0.3, -0.25) is 4.90 Å². The molecular formula is C12H16INOS. The third-order valence-electron chi connectivity index (χ3n) is 2.97. The summed E-state index contributed by atoms with van der Waals surface area (Å²) >= 11 is 2.18. The molecule has 0 amide bonds. The van der Waals surface area contributed by atoms with Gasteiger partial charge in [-0.2, -0.15) is 0 Å². The molecule has 0 aromatic heterocycles. The molecule has 1 atom stereocenters. The molecule has 2 rings (SSSR count). The minimum absolute atomic E-state index is 0.714. The summed E-state index contributed by atoms with van der Waals surface area (Å²) in [6.45, 7) is 4.34. The molecule has 0 bridgehead atoms. The van der Waals surface area contributed by atoms with Gasteiger partial charge in [0.2, 0.25) is 0 Å². The van der Waals surface area contributed by atoms with Crippen LogP contribution in [0.15, 0.2) is 30.3 Å². The first-order valence-corrected chi connectivity index (χ1v) is 8.83. The first-order valence-electron chi connectivity index (χ1n) is 5.55. The van der Waals surface area contributed by atoms with Crippen molar-refractivity contribution in [3.05, 3.63) is 35.9 Å². The fourth-order valence-corrected chi connectivity index (χ4v) is 2.84. The number of hydrogen-bond donors (Lipinski definition) is 0. The number of rotatable bonds is 5. The van der Waals surface area contributed by atoms with Crippen LogP contribution in [0, 0.1) is 5.92 Å². The van der Waals surface area contributed by atoms with E-state index in [1.807, 2.05) is 0 Å². The van der Waals surface area contributed by atoms with Crippen molar-refractivity contribution >= 4 is 30.4 Å². The van der Waals surface area contributed by atoms with Crippen LogP contribution < -0.4 is 0 Å². The summed E-state index contributed by atoms with van der Waals surface area (Å²) in [5.41, 5.74) is 1.41. The number of nitrogens with zero attached hydrogens (tertiary/aromatic N) is 1. The summed E-state index contributed by atoms with van der Waals surface area (Å²) in [5.74, 6) is 0.714. The molecule has 0 aliphatic carbocycles. The molecular weight excluding hydrogens is 333 g/mol. The molecule has 2 nitrogen and oxygen atoms in total. The van der Waals surface area contributed by atoms with Gasteiger partial charge in [0.25, 0.3) is 0 Å². The maximum absolute atomic E-state index is 5.39. The van der Waals surface area contributed by atoms with Crippen LogP contribution in [0.5, 0.6) is 0 Å². The lowest BCUT2D eigenvalue weighted by atomic mass is 10.1. The van der Waals surface area contributed by atoms with Crippen LogP contribution in [0.4, 0.5) is 0 Å². The van der Waals surface area contributed by atoms with Crippen molar-refractivity contribution < 1.29 is 4.18 Å². The normalized spacial score (nSPS) is 21.4. The van der Waals surface area contributed by atoms with Crippen molar-refractivity contribution in [1.29, 1.82) is 0 Å². The number of benzene rings is 1. The van der Waals surface area contributed by atoms with Gasteiger partial charge in [-0.05, 0) is 24.4 Å². The van der Waals surface area contributed by atoms with E-state index in [1.165, 1.54) is 34.3 Å². The molecule has 16 heavy (non-hydrogen) atoms. The SMILES string of the molecule is ISOC[C@@H]1CCN(Cc2ccccc2)C1. The highest BCUT2D eigenvalue weighted by atomic mass is 127. The lowest BCUT2D eigenvalue weighted by molar-refractivity contribution is 0.267. The van der Waals surface area contributed by atoms with Crippen LogP contribution in [0.2, 0.25) is 0 Å². The van der Waals surface area contributed by atoms with Gasteiger partial charge in [0, 0.05) is 34.3 Å². The predicted molar refractivity (Wildman–Crippen MR) is 77.4 cm³/mol. The molecule has 1 saturated heterocycles. The van der Waals surface area contributed by atoms with Gasteiger partial charge in [0.1, 0.15) is 0 Å². The summed E-state index contributed by atoms with van der Waals surface area (Å²) in [7, 11) is 1.45. The highest BCUT2D eigenvalue weighted by Gasteiger charge is 2.22. The molecule has 1 aliphatic heterocycles. The van der Waals surface area contributed by atoms with Crippen LogP contribution in [0.25, 0.3) is 0 Å². The van der Waals surface area contributed by atoms with Crippen molar-refractivity contribution in [2.75, 3.05) is 19.7 Å². The third kappa shape index (κ3) is 3.91. The maximum atomic E-state index is 5.39. The fraction of sp³-hybridized carbons (Fsp3) is 0.500. The van der Waals surface area contributed by atoms with Crippen LogP contribution >= 0.6 is 30.4 Å². The smallest absolute Gasteiger partial charge is 0.0664 e. The quantitative estimate of drug-likeness (QED) is 0.596. The van der Waals surface area contributed by atoms with E-state index in [1.54, 1.807) is 0 Å². The molecule has 1 aromatic carbocycles. The van der Waals surface area contributed by atoms with Crippen molar-refractivity contribution in [1.82, 2.24) is 4.90 Å². The van der Waals surface area contributed by atoms with E-state index in [0.717, 1.165) is 13.2 Å². The number of likely N-dealkylation sites (tertiary alicyclic amines) is 1. The van der Waals surface area contributed by atoms with Gasteiger partial charge in [-0.1, -0.05) is 30.3 Å². The molecule has 0 saturated carbocycles. The van der Waals surface area contributed by atoms with Gasteiger partial charge < -0.3 is 4.18 Å². The van der Waals surface area contributed by atoms with E-state index in [-0.39, 0.29) is 0 Å². The van der Waals surface area contributed by atoms with E-state index in [9.17, 15) is 0 Å². The largest absolute Gasteiger partial charge is 0.305 e. The molecule has 0 spiro atoms. The topological polar surface area (TPSA) is 12.5 Å². The fourth-order valence-electron chi connectivity index (χ4n) is 2.16. The lowest BCUT2D eigenvalue weighted by Gasteiger charge is -2.15. The minimum atomic E-state index is 0.714. The second-order valence-electron chi connectivity index (χ2n) is 4.22. The highest BCUT2D eigenvalue weighted by Crippen LogP contribution is 2.22. The molecule has 1 fully saturated rings. The summed E-state index contributed by atoms with van der Waals surface area (Å²) in [5, 5.41) is 0. The van der Waals surface area contributed by atoms with Crippen molar-refractivity contribution in [3.8, 4) is 0 Å². The lowest BCUT2D eigenvalue weighted by Crippen LogP contribution is -2.21. The zero-order valence-corrected chi connectivity index (χ0v) is 12.1. The molecule has 4 heteroatoms. The van der Waals surface area contributed by atoms with E-state index >= 15 is 0 Å². The molecule has 1 aromatic rings. The average Bonchev–Trinajstić information content (AvgIpc) is 2.75. The Morgan fingerprint density at radius 1 is 1.38 bits per heavy atom. The Hall–Kier alpha value is 0.220. The van der Waals surface area contributed by atoms with E-state index in [2.05, 4.69) is 56.4 Å².